The zero-order valence-electron chi connectivity index (χ0n) is 12.2. The highest BCUT2D eigenvalue weighted by molar-refractivity contribution is 6.33. The van der Waals surface area contributed by atoms with Crippen molar-refractivity contribution in [3.05, 3.63) is 33.8 Å². The van der Waals surface area contributed by atoms with Crippen molar-refractivity contribution in [2.24, 2.45) is 0 Å². The summed E-state index contributed by atoms with van der Waals surface area (Å²) in [4.78, 5) is 2.55. The molecule has 0 saturated carbocycles. The smallest absolute Gasteiger partial charge is 0.0454 e. The lowest BCUT2D eigenvalue weighted by Gasteiger charge is -2.36. The van der Waals surface area contributed by atoms with Gasteiger partial charge in [-0.25, -0.2) is 0 Å². The van der Waals surface area contributed by atoms with Crippen molar-refractivity contribution in [2.75, 3.05) is 26.2 Å². The molecule has 0 unspecified atom stereocenters. The van der Waals surface area contributed by atoms with Gasteiger partial charge in [0, 0.05) is 42.3 Å². The van der Waals surface area contributed by atoms with Crippen LogP contribution in [0.2, 0.25) is 10.0 Å². The van der Waals surface area contributed by atoms with E-state index in [1.807, 2.05) is 18.2 Å². The van der Waals surface area contributed by atoms with Gasteiger partial charge in [0.25, 0.3) is 0 Å². The molecule has 112 valence electrons. The molecule has 1 N–H and O–H groups in total. The van der Waals surface area contributed by atoms with Crippen molar-refractivity contribution in [2.45, 2.75) is 38.6 Å². The number of halogens is 2. The van der Waals surface area contributed by atoms with Crippen molar-refractivity contribution in [1.82, 2.24) is 10.2 Å². The fraction of sp³-hybridized carbons (Fsp3) is 0.625. The second-order valence-electron chi connectivity index (χ2n) is 5.46. The van der Waals surface area contributed by atoms with Gasteiger partial charge < -0.3 is 5.32 Å². The van der Waals surface area contributed by atoms with Crippen LogP contribution in [0.3, 0.4) is 0 Å². The van der Waals surface area contributed by atoms with Crippen molar-refractivity contribution >= 4 is 23.2 Å². The molecule has 0 radical (unpaired) electrons. The first-order chi connectivity index (χ1) is 9.72. The predicted molar refractivity (Wildman–Crippen MR) is 87.8 cm³/mol. The van der Waals surface area contributed by atoms with Crippen LogP contribution in [0.4, 0.5) is 0 Å². The Balaban J connectivity index is 2.17. The minimum atomic E-state index is 0.398. The molecule has 0 aliphatic carbocycles. The molecule has 1 fully saturated rings. The maximum atomic E-state index is 6.42. The zero-order chi connectivity index (χ0) is 14.4. The van der Waals surface area contributed by atoms with E-state index in [4.69, 9.17) is 23.2 Å². The van der Waals surface area contributed by atoms with Crippen LogP contribution < -0.4 is 5.32 Å². The van der Waals surface area contributed by atoms with Gasteiger partial charge >= 0.3 is 0 Å². The van der Waals surface area contributed by atoms with Gasteiger partial charge in [-0.3, -0.25) is 4.90 Å². The van der Waals surface area contributed by atoms with Gasteiger partial charge in [0.1, 0.15) is 0 Å². The quantitative estimate of drug-likeness (QED) is 0.777. The molecule has 1 saturated heterocycles. The van der Waals surface area contributed by atoms with Crippen molar-refractivity contribution in [3.63, 3.8) is 0 Å². The van der Waals surface area contributed by atoms with Crippen LogP contribution >= 0.6 is 23.2 Å². The standard InChI is InChI=1S/C16H24Cl2N2/c1-2-3-4-5-16(20-10-8-19-9-11-20)14-12-13(17)6-7-15(14)18/h6-7,12,16,19H,2-5,8-11H2,1H3/t16-/m1/s1. The third-order valence-electron chi connectivity index (χ3n) is 3.99. The topological polar surface area (TPSA) is 15.3 Å². The van der Waals surface area contributed by atoms with E-state index >= 15 is 0 Å². The van der Waals surface area contributed by atoms with E-state index in [9.17, 15) is 0 Å². The number of hydrogen-bond donors (Lipinski definition) is 1. The first kappa shape index (κ1) is 16.1. The molecule has 1 aliphatic rings. The monoisotopic (exact) mass is 314 g/mol. The molecule has 0 spiro atoms. The maximum absolute atomic E-state index is 6.42. The van der Waals surface area contributed by atoms with E-state index in [2.05, 4.69) is 17.1 Å². The molecule has 1 aromatic carbocycles. The Hall–Kier alpha value is -0.280. The van der Waals surface area contributed by atoms with E-state index in [0.29, 0.717) is 6.04 Å². The molecule has 1 heterocycles. The Morgan fingerprint density at radius 2 is 1.95 bits per heavy atom. The molecular weight excluding hydrogens is 291 g/mol. The molecule has 0 aromatic heterocycles. The highest BCUT2D eigenvalue weighted by Gasteiger charge is 2.23. The zero-order valence-corrected chi connectivity index (χ0v) is 13.7. The molecule has 4 heteroatoms. The van der Waals surface area contributed by atoms with Crippen LogP contribution in [0, 0.1) is 0 Å². The Bertz CT molecular complexity index is 417. The van der Waals surface area contributed by atoms with Gasteiger partial charge in [-0.2, -0.15) is 0 Å². The van der Waals surface area contributed by atoms with Crippen LogP contribution in [-0.2, 0) is 0 Å². The van der Waals surface area contributed by atoms with Gasteiger partial charge in [0.05, 0.1) is 0 Å². The molecule has 0 amide bonds. The molecule has 1 aromatic rings. The van der Waals surface area contributed by atoms with Gasteiger partial charge in [-0.15, -0.1) is 0 Å². The number of rotatable bonds is 6. The first-order valence-electron chi connectivity index (χ1n) is 7.62. The lowest BCUT2D eigenvalue weighted by molar-refractivity contribution is 0.163. The summed E-state index contributed by atoms with van der Waals surface area (Å²) >= 11 is 12.6. The van der Waals surface area contributed by atoms with Crippen LogP contribution in [0.25, 0.3) is 0 Å². The van der Waals surface area contributed by atoms with Gasteiger partial charge in [0.2, 0.25) is 0 Å². The largest absolute Gasteiger partial charge is 0.314 e. The Morgan fingerprint density at radius 3 is 2.65 bits per heavy atom. The fourth-order valence-electron chi connectivity index (χ4n) is 2.89. The Labute approximate surface area is 132 Å². The normalized spacial score (nSPS) is 18.1. The van der Waals surface area contributed by atoms with E-state index in [1.54, 1.807) is 0 Å². The predicted octanol–water partition coefficient (Wildman–Crippen LogP) is 4.52. The molecule has 2 nitrogen and oxygen atoms in total. The van der Waals surface area contributed by atoms with Gasteiger partial charge in [-0.1, -0.05) is 49.4 Å². The average Bonchev–Trinajstić information content (AvgIpc) is 2.48. The van der Waals surface area contributed by atoms with E-state index in [1.165, 1.54) is 24.8 Å². The number of unbranched alkanes of at least 4 members (excludes halogenated alkanes) is 2. The van der Waals surface area contributed by atoms with Crippen molar-refractivity contribution < 1.29 is 0 Å². The molecule has 0 bridgehead atoms. The third-order valence-corrected chi connectivity index (χ3v) is 4.57. The van der Waals surface area contributed by atoms with E-state index in [0.717, 1.165) is 42.6 Å². The van der Waals surface area contributed by atoms with Crippen LogP contribution in [-0.4, -0.2) is 31.1 Å². The summed E-state index contributed by atoms with van der Waals surface area (Å²) in [5.74, 6) is 0. The summed E-state index contributed by atoms with van der Waals surface area (Å²) in [5, 5.41) is 5.03. The molecule has 2 rings (SSSR count). The Morgan fingerprint density at radius 1 is 1.20 bits per heavy atom. The fourth-order valence-corrected chi connectivity index (χ4v) is 3.31. The molecule has 20 heavy (non-hydrogen) atoms. The molecular formula is C16H24Cl2N2. The number of piperazine rings is 1. The summed E-state index contributed by atoms with van der Waals surface area (Å²) in [6.45, 7) is 6.52. The average molecular weight is 315 g/mol. The minimum absolute atomic E-state index is 0.398. The third kappa shape index (κ3) is 4.36. The minimum Gasteiger partial charge on any atom is -0.314 e. The number of nitrogens with zero attached hydrogens (tertiary/aromatic N) is 1. The summed E-state index contributed by atoms with van der Waals surface area (Å²) in [6.07, 6.45) is 4.93. The lowest BCUT2D eigenvalue weighted by Crippen LogP contribution is -2.45. The second-order valence-corrected chi connectivity index (χ2v) is 6.31. The van der Waals surface area contributed by atoms with Gasteiger partial charge in [0.15, 0.2) is 0 Å². The van der Waals surface area contributed by atoms with Gasteiger partial charge in [-0.05, 0) is 30.2 Å². The highest BCUT2D eigenvalue weighted by atomic mass is 35.5. The maximum Gasteiger partial charge on any atom is 0.0454 e. The lowest BCUT2D eigenvalue weighted by atomic mass is 9.98. The first-order valence-corrected chi connectivity index (χ1v) is 8.37. The van der Waals surface area contributed by atoms with Crippen molar-refractivity contribution in [3.8, 4) is 0 Å². The van der Waals surface area contributed by atoms with Crippen molar-refractivity contribution in [1.29, 1.82) is 0 Å². The summed E-state index contributed by atoms with van der Waals surface area (Å²) in [5.41, 5.74) is 1.19. The van der Waals surface area contributed by atoms with Crippen LogP contribution in [0.15, 0.2) is 18.2 Å². The number of hydrogen-bond acceptors (Lipinski definition) is 2. The molecule has 1 aliphatic heterocycles. The summed E-state index contributed by atoms with van der Waals surface area (Å²) in [6, 6.07) is 6.24. The summed E-state index contributed by atoms with van der Waals surface area (Å²) < 4.78 is 0. The highest BCUT2D eigenvalue weighted by Crippen LogP contribution is 2.33. The Kier molecular flexibility index (Phi) is 6.63. The summed E-state index contributed by atoms with van der Waals surface area (Å²) in [7, 11) is 0. The number of nitrogens with one attached hydrogen (secondary N) is 1. The van der Waals surface area contributed by atoms with Crippen LogP contribution in [0.5, 0.6) is 0 Å². The number of benzene rings is 1. The SMILES string of the molecule is CCCCC[C@H](c1cc(Cl)ccc1Cl)N1CCNCC1. The second kappa shape index (κ2) is 8.23. The van der Waals surface area contributed by atoms with E-state index < -0.39 is 0 Å². The molecule has 1 atom stereocenters. The van der Waals surface area contributed by atoms with E-state index in [-0.39, 0.29) is 0 Å². The van der Waals surface area contributed by atoms with Crippen LogP contribution in [0.1, 0.15) is 44.2 Å².